The molecule has 0 N–H and O–H groups in total. The number of hydrogen-bond acceptors (Lipinski definition) is 3. The van der Waals surface area contributed by atoms with Crippen molar-refractivity contribution in [1.82, 2.24) is 9.97 Å². The van der Waals surface area contributed by atoms with Crippen LogP contribution in [0.25, 0.3) is 33.2 Å². The van der Waals surface area contributed by atoms with E-state index in [0.29, 0.717) is 17.1 Å². The van der Waals surface area contributed by atoms with E-state index in [1.807, 2.05) is 18.2 Å². The lowest BCUT2D eigenvalue weighted by molar-refractivity contribution is 0.435. The van der Waals surface area contributed by atoms with Crippen LogP contribution < -0.4 is 0 Å². The highest BCUT2D eigenvalue weighted by atomic mass is 16.3. The lowest BCUT2D eigenvalue weighted by Gasteiger charge is -2.20. The van der Waals surface area contributed by atoms with Crippen LogP contribution in [0.5, 0.6) is 0 Å². The fraction of sp³-hybridized carbons (Fsp3) is 0.304. The van der Waals surface area contributed by atoms with Crippen LogP contribution in [0.2, 0.25) is 0 Å². The largest absolute Gasteiger partial charge is 0.453 e. The van der Waals surface area contributed by atoms with Crippen LogP contribution in [0.3, 0.4) is 0 Å². The third-order valence-electron chi connectivity index (χ3n) is 5.27. The Hall–Kier alpha value is -2.68. The third kappa shape index (κ3) is 2.50. The number of benzene rings is 1. The summed E-state index contributed by atoms with van der Waals surface area (Å²) in [5, 5.41) is 1.77. The molecule has 26 heavy (non-hydrogen) atoms. The van der Waals surface area contributed by atoms with E-state index in [4.69, 9.17) is 12.6 Å². The van der Waals surface area contributed by atoms with Crippen molar-refractivity contribution < 1.29 is 12.6 Å². The molecule has 0 aliphatic heterocycles. The van der Waals surface area contributed by atoms with Gasteiger partial charge in [-0.1, -0.05) is 37.4 Å². The van der Waals surface area contributed by atoms with Crippen molar-refractivity contribution in [3.05, 3.63) is 60.0 Å². The Labute approximate surface area is 161 Å². The number of furan rings is 1. The zero-order chi connectivity index (χ0) is 22.6. The van der Waals surface area contributed by atoms with Crippen LogP contribution in [0.4, 0.5) is 0 Å². The van der Waals surface area contributed by atoms with Gasteiger partial charge in [-0.3, -0.25) is 9.97 Å². The lowest BCUT2D eigenvalue weighted by atomic mass is 9.86. The predicted octanol–water partition coefficient (Wildman–Crippen LogP) is 6.40. The lowest BCUT2D eigenvalue weighted by Crippen LogP contribution is -2.06. The molecule has 4 aromatic rings. The molecule has 1 aliphatic rings. The quantitative estimate of drug-likeness (QED) is 0.421. The number of hydrogen-bond donors (Lipinski definition) is 0. The van der Waals surface area contributed by atoms with Crippen LogP contribution in [0.1, 0.15) is 57.5 Å². The molecule has 1 aromatic carbocycles. The number of para-hydroxylation sites is 1. The fourth-order valence-corrected chi connectivity index (χ4v) is 4.02. The van der Waals surface area contributed by atoms with E-state index >= 15 is 0 Å². The molecule has 130 valence electrons. The standard InChI is InChI=1S/C23H22N2O/c1-15-10-11-20(25-14-15)19-9-5-8-17-18-12-13-24-21(23(18)26-22(17)19)16-6-3-2-4-7-16/h5,8-14,16H,2-4,6-7H2,1H3/i1D3,10D,11D,14D. The first-order chi connectivity index (χ1) is 15.3. The van der Waals surface area contributed by atoms with E-state index in [1.165, 1.54) is 19.3 Å². The van der Waals surface area contributed by atoms with Gasteiger partial charge in [0.1, 0.15) is 5.58 Å². The van der Waals surface area contributed by atoms with Gasteiger partial charge in [-0.2, -0.15) is 0 Å². The predicted molar refractivity (Wildman–Crippen MR) is 105 cm³/mol. The van der Waals surface area contributed by atoms with Gasteiger partial charge in [0.25, 0.3) is 0 Å². The molecular weight excluding hydrogens is 320 g/mol. The summed E-state index contributed by atoms with van der Waals surface area (Å²) < 4.78 is 53.9. The van der Waals surface area contributed by atoms with Gasteiger partial charge >= 0.3 is 0 Å². The second-order valence-corrected chi connectivity index (χ2v) is 6.89. The molecule has 3 heteroatoms. The van der Waals surface area contributed by atoms with Gasteiger partial charge in [0.15, 0.2) is 5.58 Å². The number of pyridine rings is 2. The number of nitrogens with zero attached hydrogens (tertiary/aromatic N) is 2. The van der Waals surface area contributed by atoms with Crippen LogP contribution >= 0.6 is 0 Å². The number of rotatable bonds is 2. The molecule has 1 aliphatic carbocycles. The number of aromatic nitrogens is 2. The van der Waals surface area contributed by atoms with Crippen molar-refractivity contribution in [2.75, 3.05) is 0 Å². The summed E-state index contributed by atoms with van der Waals surface area (Å²) in [4.78, 5) is 8.77. The van der Waals surface area contributed by atoms with Crippen molar-refractivity contribution in [2.45, 2.75) is 44.9 Å². The minimum atomic E-state index is -2.68. The second kappa shape index (κ2) is 6.24. The monoisotopic (exact) mass is 348 g/mol. The van der Waals surface area contributed by atoms with Crippen molar-refractivity contribution in [3.8, 4) is 11.3 Å². The molecule has 5 rings (SSSR count). The van der Waals surface area contributed by atoms with Crippen LogP contribution in [0.15, 0.2) is 53.1 Å². The van der Waals surface area contributed by atoms with Crippen molar-refractivity contribution in [2.24, 2.45) is 0 Å². The van der Waals surface area contributed by atoms with Gasteiger partial charge in [-0.05, 0) is 43.4 Å². The highest BCUT2D eigenvalue weighted by Crippen LogP contribution is 2.40. The summed E-state index contributed by atoms with van der Waals surface area (Å²) >= 11 is 0. The van der Waals surface area contributed by atoms with E-state index in [-0.39, 0.29) is 11.7 Å². The van der Waals surface area contributed by atoms with E-state index in [1.54, 1.807) is 12.3 Å². The van der Waals surface area contributed by atoms with Gasteiger partial charge in [0.2, 0.25) is 0 Å². The molecule has 3 aromatic heterocycles. The summed E-state index contributed by atoms with van der Waals surface area (Å²) in [6, 6.07) is 6.56. The molecule has 0 saturated heterocycles. The highest BCUT2D eigenvalue weighted by Gasteiger charge is 2.22. The van der Waals surface area contributed by atoms with Gasteiger partial charge in [-0.15, -0.1) is 0 Å². The topological polar surface area (TPSA) is 38.9 Å². The zero-order valence-corrected chi connectivity index (χ0v) is 14.3. The van der Waals surface area contributed by atoms with Crippen molar-refractivity contribution >= 4 is 21.9 Å². The SMILES string of the molecule is [2H]c1nc(-c2cccc3c2oc2c(C4CCCCC4)nccc23)c([2H])c([2H])c1C([2H])([2H])[2H]. The summed E-state index contributed by atoms with van der Waals surface area (Å²) in [6.07, 6.45) is 7.04. The van der Waals surface area contributed by atoms with Crippen molar-refractivity contribution in [1.29, 1.82) is 0 Å². The van der Waals surface area contributed by atoms with E-state index in [2.05, 4.69) is 9.97 Å². The molecule has 0 radical (unpaired) electrons. The zero-order valence-electron chi connectivity index (χ0n) is 20.3. The van der Waals surface area contributed by atoms with Crippen LogP contribution in [-0.2, 0) is 0 Å². The Morgan fingerprint density at radius 1 is 1.04 bits per heavy atom. The van der Waals surface area contributed by atoms with Crippen LogP contribution in [0, 0.1) is 6.85 Å². The molecular formula is C23H22N2O. The fourth-order valence-electron chi connectivity index (χ4n) is 4.02. The number of fused-ring (bicyclic) bond motifs is 3. The van der Waals surface area contributed by atoms with E-state index in [9.17, 15) is 0 Å². The molecule has 0 bridgehead atoms. The molecule has 0 spiro atoms. The Balaban J connectivity index is 1.75. The average Bonchev–Trinajstić information content (AvgIpc) is 3.15. The average molecular weight is 348 g/mol. The molecule has 0 unspecified atom stereocenters. The molecule has 0 atom stereocenters. The third-order valence-corrected chi connectivity index (χ3v) is 5.27. The molecule has 1 fully saturated rings. The Morgan fingerprint density at radius 2 is 1.92 bits per heavy atom. The second-order valence-electron chi connectivity index (χ2n) is 6.89. The normalized spacial score (nSPS) is 19.5. The summed E-state index contributed by atoms with van der Waals surface area (Å²) in [5.74, 6) is 0.347. The maximum atomic E-state index is 8.43. The van der Waals surface area contributed by atoms with Gasteiger partial charge < -0.3 is 4.42 Å². The first kappa shape index (κ1) is 10.5. The van der Waals surface area contributed by atoms with E-state index < -0.39 is 24.6 Å². The van der Waals surface area contributed by atoms with Gasteiger partial charge in [-0.25, -0.2) is 0 Å². The van der Waals surface area contributed by atoms with E-state index in [0.717, 1.165) is 34.9 Å². The Bertz CT molecular complexity index is 1340. The molecule has 1 saturated carbocycles. The maximum absolute atomic E-state index is 8.43. The van der Waals surface area contributed by atoms with Gasteiger partial charge in [0, 0.05) is 38.7 Å². The summed E-state index contributed by atoms with van der Waals surface area (Å²) in [5.41, 5.74) is 2.22. The van der Waals surface area contributed by atoms with Crippen LogP contribution in [-0.4, -0.2) is 9.97 Å². The molecule has 3 nitrogen and oxygen atoms in total. The minimum absolute atomic E-state index is 0.0739. The first-order valence-corrected chi connectivity index (χ1v) is 9.06. The first-order valence-electron chi connectivity index (χ1n) is 12.1. The molecule has 3 heterocycles. The summed E-state index contributed by atoms with van der Waals surface area (Å²) in [7, 11) is 0. The van der Waals surface area contributed by atoms with Gasteiger partial charge in [0.05, 0.1) is 15.5 Å². The maximum Gasteiger partial charge on any atom is 0.157 e. The summed E-state index contributed by atoms with van der Waals surface area (Å²) in [6.45, 7) is -2.68. The Kier molecular flexibility index (Phi) is 2.51. The van der Waals surface area contributed by atoms with Crippen molar-refractivity contribution in [3.63, 3.8) is 0 Å². The highest BCUT2D eigenvalue weighted by molar-refractivity contribution is 6.09. The minimum Gasteiger partial charge on any atom is -0.453 e. The smallest absolute Gasteiger partial charge is 0.157 e. The molecule has 0 amide bonds. The Morgan fingerprint density at radius 3 is 2.81 bits per heavy atom.